The van der Waals surface area contributed by atoms with Gasteiger partial charge in [-0.05, 0) is 36.1 Å². The zero-order valence-corrected chi connectivity index (χ0v) is 13.9. The molecule has 0 spiro atoms. The topological polar surface area (TPSA) is 81.4 Å². The van der Waals surface area contributed by atoms with Crippen LogP contribution in [0.25, 0.3) is 0 Å². The van der Waals surface area contributed by atoms with Crippen LogP contribution in [0, 0.1) is 11.3 Å². The van der Waals surface area contributed by atoms with Crippen molar-refractivity contribution in [3.8, 4) is 6.07 Å². The molecule has 1 aliphatic rings. The average molecular weight is 342 g/mol. The van der Waals surface area contributed by atoms with Crippen molar-refractivity contribution in [3.05, 3.63) is 65.2 Å². The second-order valence-corrected chi connectivity index (χ2v) is 7.56. The molecule has 0 saturated carbocycles. The van der Waals surface area contributed by atoms with E-state index in [1.807, 2.05) is 30.3 Å². The molecule has 0 saturated heterocycles. The Kier molecular flexibility index (Phi) is 4.67. The van der Waals surface area contributed by atoms with Crippen LogP contribution in [0.5, 0.6) is 0 Å². The number of nitrogens with zero attached hydrogens (tertiary/aromatic N) is 2. The Bertz CT molecular complexity index is 887. The Labute approximate surface area is 141 Å². The summed E-state index contributed by atoms with van der Waals surface area (Å²) in [5, 5.41) is 18.6. The number of aliphatic hydroxyl groups is 1. The lowest BCUT2D eigenvalue weighted by Crippen LogP contribution is -2.36. The Morgan fingerprint density at radius 2 is 1.88 bits per heavy atom. The number of hydrogen-bond acceptors (Lipinski definition) is 4. The molecule has 24 heavy (non-hydrogen) atoms. The smallest absolute Gasteiger partial charge is 0.245 e. The zero-order chi connectivity index (χ0) is 17.2. The summed E-state index contributed by atoms with van der Waals surface area (Å²) < 4.78 is 27.7. The van der Waals surface area contributed by atoms with Crippen LogP contribution in [0.15, 0.2) is 53.4 Å². The molecule has 2 aromatic rings. The minimum absolute atomic E-state index is 0.00109. The maximum absolute atomic E-state index is 13.2. The number of sulfonamides is 1. The molecule has 124 valence electrons. The van der Waals surface area contributed by atoms with Crippen molar-refractivity contribution in [2.45, 2.75) is 23.8 Å². The first kappa shape index (κ1) is 16.7. The molecule has 1 atom stereocenters. The van der Waals surface area contributed by atoms with Crippen LogP contribution in [-0.4, -0.2) is 31.0 Å². The quantitative estimate of drug-likeness (QED) is 0.903. The third kappa shape index (κ3) is 2.82. The minimum atomic E-state index is -3.88. The molecule has 0 aliphatic heterocycles. The monoisotopic (exact) mass is 342 g/mol. The van der Waals surface area contributed by atoms with Gasteiger partial charge < -0.3 is 5.11 Å². The van der Waals surface area contributed by atoms with Gasteiger partial charge in [-0.15, -0.1) is 0 Å². The lowest BCUT2D eigenvalue weighted by molar-refractivity contribution is 0.225. The van der Waals surface area contributed by atoms with Gasteiger partial charge in [-0.3, -0.25) is 0 Å². The van der Waals surface area contributed by atoms with Crippen LogP contribution in [0.1, 0.15) is 29.2 Å². The Morgan fingerprint density at radius 1 is 1.17 bits per heavy atom. The van der Waals surface area contributed by atoms with Crippen molar-refractivity contribution in [2.24, 2.45) is 0 Å². The van der Waals surface area contributed by atoms with Crippen LogP contribution >= 0.6 is 0 Å². The maximum Gasteiger partial charge on any atom is 0.245 e. The van der Waals surface area contributed by atoms with Gasteiger partial charge in [0.1, 0.15) is 6.07 Å². The van der Waals surface area contributed by atoms with Crippen LogP contribution in [0.2, 0.25) is 0 Å². The van der Waals surface area contributed by atoms with Gasteiger partial charge in [0.25, 0.3) is 0 Å². The van der Waals surface area contributed by atoms with Crippen LogP contribution in [0.3, 0.4) is 0 Å². The number of aliphatic hydroxyl groups excluding tert-OH is 1. The SMILES string of the molecule is N#Cc1ccccc1S(=O)(=O)N(CCO)C1CCc2ccccc21. The summed E-state index contributed by atoms with van der Waals surface area (Å²) in [6.07, 6.45) is 1.48. The summed E-state index contributed by atoms with van der Waals surface area (Å²) in [6, 6.07) is 15.6. The van der Waals surface area contributed by atoms with Crippen molar-refractivity contribution in [1.82, 2.24) is 4.31 Å². The largest absolute Gasteiger partial charge is 0.395 e. The van der Waals surface area contributed by atoms with Gasteiger partial charge in [0.05, 0.1) is 23.1 Å². The van der Waals surface area contributed by atoms with Gasteiger partial charge in [0.2, 0.25) is 10.0 Å². The Morgan fingerprint density at radius 3 is 2.62 bits per heavy atom. The molecule has 6 heteroatoms. The molecular weight excluding hydrogens is 324 g/mol. The number of benzene rings is 2. The van der Waals surface area contributed by atoms with Crippen LogP contribution in [-0.2, 0) is 16.4 Å². The molecule has 1 aliphatic carbocycles. The third-order valence-corrected chi connectivity index (χ3v) is 6.33. The standard InChI is InChI=1S/C18H18N2O3S/c19-13-15-6-2-4-8-18(15)24(22,23)20(11-12-21)17-10-9-14-5-1-3-7-16(14)17/h1-8,17,21H,9-12H2. The highest BCUT2D eigenvalue weighted by Gasteiger charge is 2.36. The summed E-state index contributed by atoms with van der Waals surface area (Å²) in [7, 11) is -3.88. The van der Waals surface area contributed by atoms with Crippen molar-refractivity contribution in [3.63, 3.8) is 0 Å². The molecule has 0 fully saturated rings. The fourth-order valence-electron chi connectivity index (χ4n) is 3.29. The van der Waals surface area contributed by atoms with Crippen molar-refractivity contribution >= 4 is 10.0 Å². The number of aryl methyl sites for hydroxylation is 1. The molecule has 3 rings (SSSR count). The van der Waals surface area contributed by atoms with Gasteiger partial charge >= 0.3 is 0 Å². The van der Waals surface area contributed by atoms with E-state index in [1.165, 1.54) is 16.4 Å². The van der Waals surface area contributed by atoms with Gasteiger partial charge in [-0.2, -0.15) is 9.57 Å². The fraction of sp³-hybridized carbons (Fsp3) is 0.278. The normalized spacial score (nSPS) is 16.8. The van der Waals surface area contributed by atoms with Gasteiger partial charge in [0, 0.05) is 6.54 Å². The minimum Gasteiger partial charge on any atom is -0.395 e. The van der Waals surface area contributed by atoms with E-state index in [0.717, 1.165) is 17.5 Å². The molecule has 0 radical (unpaired) electrons. The van der Waals surface area contributed by atoms with E-state index in [9.17, 15) is 18.8 Å². The van der Waals surface area contributed by atoms with Crippen molar-refractivity contribution < 1.29 is 13.5 Å². The van der Waals surface area contributed by atoms with Gasteiger partial charge in [0.15, 0.2) is 0 Å². The maximum atomic E-state index is 13.2. The zero-order valence-electron chi connectivity index (χ0n) is 13.1. The molecule has 1 N–H and O–H groups in total. The summed E-state index contributed by atoms with van der Waals surface area (Å²) in [5.74, 6) is 0. The lowest BCUT2D eigenvalue weighted by atomic mass is 10.1. The molecule has 2 aromatic carbocycles. The number of hydrogen-bond donors (Lipinski definition) is 1. The predicted octanol–water partition coefficient (Wildman–Crippen LogP) is 2.23. The van der Waals surface area contributed by atoms with E-state index in [4.69, 9.17) is 0 Å². The van der Waals surface area contributed by atoms with Gasteiger partial charge in [-0.1, -0.05) is 36.4 Å². The van der Waals surface area contributed by atoms with Crippen LogP contribution in [0.4, 0.5) is 0 Å². The first-order valence-electron chi connectivity index (χ1n) is 7.79. The number of nitriles is 1. The lowest BCUT2D eigenvalue weighted by Gasteiger charge is -2.28. The third-order valence-electron chi connectivity index (χ3n) is 4.36. The highest BCUT2D eigenvalue weighted by Crippen LogP contribution is 2.38. The van der Waals surface area contributed by atoms with E-state index in [2.05, 4.69) is 0 Å². The highest BCUT2D eigenvalue weighted by molar-refractivity contribution is 7.89. The molecule has 0 heterocycles. The van der Waals surface area contributed by atoms with E-state index >= 15 is 0 Å². The highest BCUT2D eigenvalue weighted by atomic mass is 32.2. The molecule has 1 unspecified atom stereocenters. The van der Waals surface area contributed by atoms with E-state index in [0.29, 0.717) is 6.42 Å². The molecule has 0 aromatic heterocycles. The number of rotatable bonds is 5. The Balaban J connectivity index is 2.08. The van der Waals surface area contributed by atoms with Crippen LogP contribution < -0.4 is 0 Å². The van der Waals surface area contributed by atoms with E-state index < -0.39 is 10.0 Å². The van der Waals surface area contributed by atoms with E-state index in [-0.39, 0.29) is 29.7 Å². The van der Waals surface area contributed by atoms with Crippen molar-refractivity contribution in [1.29, 1.82) is 5.26 Å². The average Bonchev–Trinajstić information content (AvgIpc) is 3.03. The number of fused-ring (bicyclic) bond motifs is 1. The summed E-state index contributed by atoms with van der Waals surface area (Å²) in [4.78, 5) is -0.00895. The summed E-state index contributed by atoms with van der Waals surface area (Å²) in [6.45, 7) is -0.270. The molecule has 5 nitrogen and oxygen atoms in total. The molecular formula is C18H18N2O3S. The van der Waals surface area contributed by atoms with E-state index in [1.54, 1.807) is 12.1 Å². The van der Waals surface area contributed by atoms with Crippen molar-refractivity contribution in [2.75, 3.05) is 13.2 Å². The van der Waals surface area contributed by atoms with Gasteiger partial charge in [-0.25, -0.2) is 8.42 Å². The summed E-state index contributed by atoms with van der Waals surface area (Å²) >= 11 is 0. The molecule has 0 amide bonds. The second kappa shape index (κ2) is 6.73. The first-order chi connectivity index (χ1) is 11.6. The summed E-state index contributed by atoms with van der Waals surface area (Å²) in [5.41, 5.74) is 2.23. The fourth-order valence-corrected chi connectivity index (χ4v) is 5.06. The Hall–Kier alpha value is -2.20. The predicted molar refractivity (Wildman–Crippen MR) is 89.6 cm³/mol. The second-order valence-electron chi connectivity index (χ2n) is 5.70. The molecule has 0 bridgehead atoms. The first-order valence-corrected chi connectivity index (χ1v) is 9.23.